The first-order valence-corrected chi connectivity index (χ1v) is 10.8. The lowest BCUT2D eigenvalue weighted by Crippen LogP contribution is -2.28. The Hall–Kier alpha value is -3.72. The number of benzene rings is 2. The summed E-state index contributed by atoms with van der Waals surface area (Å²) in [6.45, 7) is 0.338. The van der Waals surface area contributed by atoms with Crippen LogP contribution in [0.2, 0.25) is 0 Å². The fourth-order valence-corrected chi connectivity index (χ4v) is 4.24. The van der Waals surface area contributed by atoms with Gasteiger partial charge in [-0.2, -0.15) is 18.3 Å². The Morgan fingerprint density at radius 2 is 1.85 bits per heavy atom. The summed E-state index contributed by atoms with van der Waals surface area (Å²) in [6.07, 6.45) is 1.70. The molecule has 1 aliphatic rings. The van der Waals surface area contributed by atoms with Gasteiger partial charge >= 0.3 is 6.18 Å². The zero-order valence-electron chi connectivity index (χ0n) is 18.0. The summed E-state index contributed by atoms with van der Waals surface area (Å²) in [5.41, 5.74) is 1.80. The van der Waals surface area contributed by atoms with Gasteiger partial charge in [0.15, 0.2) is 0 Å². The molecule has 0 radical (unpaired) electrons. The smallest absolute Gasteiger partial charge is 0.394 e. The van der Waals surface area contributed by atoms with E-state index in [1.165, 1.54) is 6.07 Å². The van der Waals surface area contributed by atoms with Crippen LogP contribution in [0, 0.1) is 0 Å². The molecule has 2 heterocycles. The number of amides is 1. The highest BCUT2D eigenvalue weighted by molar-refractivity contribution is 6.02. The number of anilines is 1. The van der Waals surface area contributed by atoms with E-state index < -0.39 is 17.2 Å². The van der Waals surface area contributed by atoms with Gasteiger partial charge in [-0.1, -0.05) is 30.3 Å². The van der Waals surface area contributed by atoms with E-state index in [1.54, 1.807) is 41.5 Å². The van der Waals surface area contributed by atoms with Crippen molar-refractivity contribution in [1.82, 2.24) is 14.8 Å². The van der Waals surface area contributed by atoms with E-state index in [2.05, 4.69) is 15.4 Å². The van der Waals surface area contributed by atoms with E-state index in [1.807, 2.05) is 12.1 Å². The zero-order chi connectivity index (χ0) is 23.9. The predicted molar refractivity (Wildman–Crippen MR) is 121 cm³/mol. The minimum Gasteiger partial charge on any atom is -0.394 e. The molecule has 2 N–H and O–H groups in total. The maximum atomic E-state index is 13.1. The number of rotatable bonds is 6. The second-order valence-electron chi connectivity index (χ2n) is 8.40. The molecule has 1 fully saturated rings. The number of alkyl halides is 3. The van der Waals surface area contributed by atoms with Crippen LogP contribution in [0.25, 0.3) is 22.0 Å². The molecule has 2 aromatic carbocycles. The maximum Gasteiger partial charge on any atom is 0.416 e. The number of fused-ring (bicyclic) bond motifs is 1. The van der Waals surface area contributed by atoms with E-state index in [0.29, 0.717) is 30.6 Å². The average Bonchev–Trinajstić information content (AvgIpc) is 3.55. The molecule has 0 atom stereocenters. The van der Waals surface area contributed by atoms with Crippen molar-refractivity contribution in [3.63, 3.8) is 0 Å². The van der Waals surface area contributed by atoms with Gasteiger partial charge in [-0.3, -0.25) is 14.5 Å². The molecule has 174 valence electrons. The number of halogens is 3. The van der Waals surface area contributed by atoms with Gasteiger partial charge in [-0.05, 0) is 42.2 Å². The van der Waals surface area contributed by atoms with Crippen LogP contribution in [0.15, 0.2) is 67.1 Å². The van der Waals surface area contributed by atoms with E-state index in [9.17, 15) is 23.1 Å². The summed E-state index contributed by atoms with van der Waals surface area (Å²) in [5, 5.41) is 17.3. The SMILES string of the molecule is O=C(Nc1ccc(-c2cncc3c2cnn3CCO)cc1)C1(c2cccc(C(F)(F)F)c2)CC1. The van der Waals surface area contributed by atoms with Gasteiger partial charge in [-0.15, -0.1) is 0 Å². The number of aliphatic hydroxyl groups excluding tert-OH is 1. The van der Waals surface area contributed by atoms with Crippen molar-refractivity contribution in [3.05, 3.63) is 78.2 Å². The van der Waals surface area contributed by atoms with Crippen LogP contribution in [0.4, 0.5) is 18.9 Å². The van der Waals surface area contributed by atoms with Gasteiger partial charge in [0, 0.05) is 22.8 Å². The van der Waals surface area contributed by atoms with Crippen molar-refractivity contribution < 1.29 is 23.1 Å². The predicted octanol–water partition coefficient (Wildman–Crippen LogP) is 4.78. The first kappa shape index (κ1) is 22.1. The first-order valence-electron chi connectivity index (χ1n) is 10.8. The molecular formula is C25H21F3N4O2. The molecule has 6 nitrogen and oxygen atoms in total. The van der Waals surface area contributed by atoms with Crippen LogP contribution in [0.1, 0.15) is 24.0 Å². The molecule has 0 saturated heterocycles. The number of hydrogen-bond acceptors (Lipinski definition) is 4. The van der Waals surface area contributed by atoms with Crippen LogP contribution in [-0.2, 0) is 22.9 Å². The third kappa shape index (κ3) is 3.92. The Balaban J connectivity index is 1.36. The number of carbonyl (C=O) groups excluding carboxylic acids is 1. The Bertz CT molecular complexity index is 1360. The second-order valence-corrected chi connectivity index (χ2v) is 8.40. The Morgan fingerprint density at radius 3 is 2.53 bits per heavy atom. The molecule has 2 aromatic heterocycles. The van der Waals surface area contributed by atoms with Gasteiger partial charge in [0.25, 0.3) is 0 Å². The van der Waals surface area contributed by atoms with Crippen molar-refractivity contribution in [2.75, 3.05) is 11.9 Å². The second kappa shape index (κ2) is 8.25. The van der Waals surface area contributed by atoms with Crippen LogP contribution in [0.3, 0.4) is 0 Å². The minimum absolute atomic E-state index is 0.0304. The van der Waals surface area contributed by atoms with Crippen molar-refractivity contribution in [2.45, 2.75) is 31.0 Å². The molecule has 4 aromatic rings. The molecule has 34 heavy (non-hydrogen) atoms. The minimum atomic E-state index is -4.45. The Labute approximate surface area is 193 Å². The summed E-state index contributed by atoms with van der Waals surface area (Å²) in [4.78, 5) is 17.3. The van der Waals surface area contributed by atoms with Crippen molar-refractivity contribution >= 4 is 22.5 Å². The average molecular weight is 466 g/mol. The van der Waals surface area contributed by atoms with Crippen LogP contribution < -0.4 is 5.32 Å². The monoisotopic (exact) mass is 466 g/mol. The van der Waals surface area contributed by atoms with Gasteiger partial charge in [0.05, 0.1) is 42.0 Å². The van der Waals surface area contributed by atoms with Crippen molar-refractivity contribution in [2.24, 2.45) is 0 Å². The molecule has 0 spiro atoms. The lowest BCUT2D eigenvalue weighted by molar-refractivity contribution is -0.137. The third-order valence-electron chi connectivity index (χ3n) is 6.26. The largest absolute Gasteiger partial charge is 0.416 e. The highest BCUT2D eigenvalue weighted by Crippen LogP contribution is 2.50. The Kier molecular flexibility index (Phi) is 5.36. The van der Waals surface area contributed by atoms with Crippen molar-refractivity contribution in [1.29, 1.82) is 0 Å². The molecule has 5 rings (SSSR count). The number of nitrogens with zero attached hydrogens (tertiary/aromatic N) is 3. The summed E-state index contributed by atoms with van der Waals surface area (Å²) in [7, 11) is 0. The standard InChI is InChI=1S/C25H21F3N4O2/c26-25(27,28)18-3-1-2-17(12-18)24(8-9-24)23(34)31-19-6-4-16(5-7-19)20-13-29-15-22-21(20)14-30-32(22)10-11-33/h1-7,12-15,33H,8-11H2,(H,31,34). The molecule has 1 saturated carbocycles. The van der Waals surface area contributed by atoms with E-state index in [4.69, 9.17) is 0 Å². The number of aliphatic hydroxyl groups is 1. The van der Waals surface area contributed by atoms with E-state index >= 15 is 0 Å². The zero-order valence-corrected chi connectivity index (χ0v) is 18.0. The number of nitrogens with one attached hydrogen (secondary N) is 1. The summed E-state index contributed by atoms with van der Waals surface area (Å²) in [6, 6.07) is 12.2. The van der Waals surface area contributed by atoms with E-state index in [-0.39, 0.29) is 12.5 Å². The van der Waals surface area contributed by atoms with Crippen molar-refractivity contribution in [3.8, 4) is 11.1 Å². The molecule has 0 unspecified atom stereocenters. The molecule has 9 heteroatoms. The fourth-order valence-electron chi connectivity index (χ4n) is 4.24. The highest BCUT2D eigenvalue weighted by Gasteiger charge is 2.51. The maximum absolute atomic E-state index is 13.1. The van der Waals surface area contributed by atoms with Gasteiger partial charge < -0.3 is 10.4 Å². The lowest BCUT2D eigenvalue weighted by Gasteiger charge is -2.18. The van der Waals surface area contributed by atoms with Gasteiger partial charge in [-0.25, -0.2) is 0 Å². The number of aromatic nitrogens is 3. The summed E-state index contributed by atoms with van der Waals surface area (Å²) >= 11 is 0. The van der Waals surface area contributed by atoms with Crippen LogP contribution >= 0.6 is 0 Å². The topological polar surface area (TPSA) is 80.0 Å². The lowest BCUT2D eigenvalue weighted by atomic mass is 9.93. The molecular weight excluding hydrogens is 445 g/mol. The van der Waals surface area contributed by atoms with E-state index in [0.717, 1.165) is 34.2 Å². The number of hydrogen-bond donors (Lipinski definition) is 2. The molecule has 1 amide bonds. The van der Waals surface area contributed by atoms with Crippen LogP contribution in [-0.4, -0.2) is 32.4 Å². The summed E-state index contributed by atoms with van der Waals surface area (Å²) < 4.78 is 41.0. The number of pyridine rings is 1. The van der Waals surface area contributed by atoms with Gasteiger partial charge in [0.1, 0.15) is 0 Å². The first-order chi connectivity index (χ1) is 16.3. The highest BCUT2D eigenvalue weighted by atomic mass is 19.4. The third-order valence-corrected chi connectivity index (χ3v) is 6.26. The fraction of sp³-hybridized carbons (Fsp3) is 0.240. The number of carbonyl (C=O) groups is 1. The molecule has 1 aliphatic carbocycles. The molecule has 0 bridgehead atoms. The molecule has 0 aliphatic heterocycles. The Morgan fingerprint density at radius 1 is 1.09 bits per heavy atom. The van der Waals surface area contributed by atoms with Gasteiger partial charge in [0.2, 0.25) is 5.91 Å². The normalized spacial score (nSPS) is 14.8. The summed E-state index contributed by atoms with van der Waals surface area (Å²) in [5.74, 6) is -0.311. The quantitative estimate of drug-likeness (QED) is 0.429. The van der Waals surface area contributed by atoms with Crippen LogP contribution in [0.5, 0.6) is 0 Å².